The fourth-order valence-corrected chi connectivity index (χ4v) is 13.4. The standard InChI is InChI=1S/C76H50N2/c1-3-23-49(24-4-1)67-47-73(77-69-39-19-15-35-59(69)55-31-11-7-27-51(55)52-28-8-12-32-56(52)60-36-16-20-40-70(60)77)65-46-44-64-68(50-25-5-2-6-26-50)48-74(66-45-43-63(67)75(65)76(64)66)78-71-41-21-17-37-61(71)57-33-13-9-29-53(57)54-30-10-14-34-58(54)62-38-18-22-42-72(62)78/h1-17,19-21,23-48H,18,22H2. The van der Waals surface area contributed by atoms with Gasteiger partial charge in [-0.25, -0.2) is 0 Å². The second-order valence-corrected chi connectivity index (χ2v) is 20.9. The third-order valence-electron chi connectivity index (χ3n) is 16.8. The molecule has 0 amide bonds. The van der Waals surface area contributed by atoms with Gasteiger partial charge in [-0.3, -0.25) is 0 Å². The van der Waals surface area contributed by atoms with Gasteiger partial charge in [-0.2, -0.15) is 0 Å². The van der Waals surface area contributed by atoms with Crippen LogP contribution < -0.4 is 10.6 Å². The van der Waals surface area contributed by atoms with Gasteiger partial charge in [0.15, 0.2) is 0 Å². The summed E-state index contributed by atoms with van der Waals surface area (Å²) in [6, 6.07) is 99.9. The fraction of sp³-hybridized carbons (Fsp3) is 0.0263. The van der Waals surface area contributed by atoms with E-state index in [0.29, 0.717) is 0 Å². The largest absolute Gasteiger partial charge is 0.309 e. The number of aromatic nitrogens is 2. The van der Waals surface area contributed by atoms with Crippen molar-refractivity contribution in [2.24, 2.45) is 0 Å². The predicted octanol–water partition coefficient (Wildman–Crippen LogP) is 19.2. The average Bonchev–Trinajstić information content (AvgIpc) is 3.79. The molecule has 0 N–H and O–H groups in total. The summed E-state index contributed by atoms with van der Waals surface area (Å²) < 4.78 is 5.21. The van der Waals surface area contributed by atoms with Crippen molar-refractivity contribution in [1.82, 2.24) is 9.13 Å². The van der Waals surface area contributed by atoms with E-state index in [4.69, 9.17) is 0 Å². The lowest BCUT2D eigenvalue weighted by Gasteiger charge is -2.24. The Kier molecular flexibility index (Phi) is 10.1. The highest BCUT2D eigenvalue weighted by Crippen LogP contribution is 2.48. The Morgan fingerprint density at radius 1 is 0.231 bits per heavy atom. The summed E-state index contributed by atoms with van der Waals surface area (Å²) in [6.07, 6.45) is 6.91. The molecule has 13 aromatic carbocycles. The van der Waals surface area contributed by atoms with Crippen molar-refractivity contribution in [3.8, 4) is 33.6 Å². The molecule has 0 fully saturated rings. The van der Waals surface area contributed by atoms with Crippen LogP contribution in [0.4, 0.5) is 0 Å². The lowest BCUT2D eigenvalue weighted by Crippen LogP contribution is -2.35. The SMILES string of the molecule is C1=c2c(n(-c3cc(-c4ccccc4)c4ccc5c(-n6c7ccccc7c7ccccc7c7ccccc7c7ccccc76)cc(-c6ccccc6)c6ccc3c4c65)c3ccccc3c3ccccc3c3ccccc23)=CCC1. The molecule has 364 valence electrons. The molecule has 2 heterocycles. The van der Waals surface area contributed by atoms with Crippen LogP contribution in [0.15, 0.2) is 267 Å². The van der Waals surface area contributed by atoms with Gasteiger partial charge in [-0.1, -0.05) is 249 Å². The molecular weight excluding hydrogens is 941 g/mol. The molecule has 78 heavy (non-hydrogen) atoms. The molecule has 1 aliphatic carbocycles. The third-order valence-corrected chi connectivity index (χ3v) is 16.8. The van der Waals surface area contributed by atoms with Crippen LogP contribution in [0.1, 0.15) is 12.8 Å². The van der Waals surface area contributed by atoms with Gasteiger partial charge in [0.25, 0.3) is 0 Å². The van der Waals surface area contributed by atoms with Crippen LogP contribution in [0, 0.1) is 0 Å². The zero-order valence-electron chi connectivity index (χ0n) is 42.9. The van der Waals surface area contributed by atoms with E-state index in [-0.39, 0.29) is 0 Å². The van der Waals surface area contributed by atoms with Gasteiger partial charge < -0.3 is 9.13 Å². The first-order chi connectivity index (χ1) is 38.8. The molecule has 15 aromatic rings. The summed E-state index contributed by atoms with van der Waals surface area (Å²) in [5, 5.41) is 23.2. The van der Waals surface area contributed by atoms with Crippen LogP contribution in [-0.2, 0) is 0 Å². The molecule has 16 rings (SSSR count). The van der Waals surface area contributed by atoms with E-state index >= 15 is 0 Å². The summed E-state index contributed by atoms with van der Waals surface area (Å²) in [6.45, 7) is 0. The molecule has 0 saturated carbocycles. The van der Waals surface area contributed by atoms with E-state index in [2.05, 4.69) is 288 Å². The highest BCUT2D eigenvalue weighted by Gasteiger charge is 2.23. The first-order valence-corrected chi connectivity index (χ1v) is 27.3. The third kappa shape index (κ3) is 6.70. The Balaban J connectivity index is 1.17. The van der Waals surface area contributed by atoms with E-state index in [1.165, 1.54) is 124 Å². The smallest absolute Gasteiger partial charge is 0.0547 e. The summed E-state index contributed by atoms with van der Waals surface area (Å²) in [7, 11) is 0. The first kappa shape index (κ1) is 44.3. The Bertz CT molecular complexity index is 5150. The topological polar surface area (TPSA) is 9.86 Å². The van der Waals surface area contributed by atoms with Crippen LogP contribution in [-0.4, -0.2) is 9.13 Å². The number of benzene rings is 13. The molecule has 0 aliphatic heterocycles. The minimum Gasteiger partial charge on any atom is -0.309 e. The molecular formula is C76H50N2. The monoisotopic (exact) mass is 990 g/mol. The molecule has 2 heteroatoms. The summed E-state index contributed by atoms with van der Waals surface area (Å²) in [5.74, 6) is 0. The van der Waals surface area contributed by atoms with Gasteiger partial charge in [0.2, 0.25) is 0 Å². The second kappa shape index (κ2) is 17.8. The molecule has 2 aromatic heterocycles. The number of fused-ring (bicyclic) bond motifs is 14. The summed E-state index contributed by atoms with van der Waals surface area (Å²) >= 11 is 0. The zero-order chi connectivity index (χ0) is 51.3. The van der Waals surface area contributed by atoms with Crippen LogP contribution >= 0.6 is 0 Å². The van der Waals surface area contributed by atoms with Crippen molar-refractivity contribution in [3.05, 3.63) is 277 Å². The molecule has 1 aliphatic rings. The van der Waals surface area contributed by atoms with Crippen LogP contribution in [0.25, 0.3) is 154 Å². The van der Waals surface area contributed by atoms with E-state index < -0.39 is 0 Å². The number of nitrogens with zero attached hydrogens (tertiary/aromatic N) is 2. The highest BCUT2D eigenvalue weighted by atomic mass is 15.0. The molecule has 0 radical (unpaired) electrons. The Morgan fingerprint density at radius 3 is 0.974 bits per heavy atom. The Labute approximate surface area is 450 Å². The van der Waals surface area contributed by atoms with Gasteiger partial charge in [-0.05, 0) is 119 Å². The van der Waals surface area contributed by atoms with Crippen LogP contribution in [0.5, 0.6) is 0 Å². The van der Waals surface area contributed by atoms with E-state index in [1.807, 2.05) is 0 Å². The van der Waals surface area contributed by atoms with Crippen molar-refractivity contribution < 1.29 is 0 Å². The van der Waals surface area contributed by atoms with Crippen molar-refractivity contribution in [1.29, 1.82) is 0 Å². The molecule has 0 saturated heterocycles. The van der Waals surface area contributed by atoms with Gasteiger partial charge in [0, 0.05) is 48.3 Å². The maximum absolute atomic E-state index is 2.62. The highest BCUT2D eigenvalue weighted by molar-refractivity contribution is 6.31. The maximum atomic E-state index is 2.62. The van der Waals surface area contributed by atoms with E-state index in [1.54, 1.807) is 0 Å². The average molecular weight is 991 g/mol. The van der Waals surface area contributed by atoms with Crippen LogP contribution in [0.3, 0.4) is 0 Å². The van der Waals surface area contributed by atoms with Gasteiger partial charge in [0.1, 0.15) is 0 Å². The van der Waals surface area contributed by atoms with Crippen molar-refractivity contribution in [2.75, 3.05) is 0 Å². The maximum Gasteiger partial charge on any atom is 0.0547 e. The lowest BCUT2D eigenvalue weighted by molar-refractivity contribution is 1.01. The van der Waals surface area contributed by atoms with Crippen molar-refractivity contribution in [3.63, 3.8) is 0 Å². The van der Waals surface area contributed by atoms with Crippen molar-refractivity contribution in [2.45, 2.75) is 12.8 Å². The van der Waals surface area contributed by atoms with Gasteiger partial charge >= 0.3 is 0 Å². The minimum atomic E-state index is 0.946. The Hall–Kier alpha value is -10.0. The van der Waals surface area contributed by atoms with E-state index in [0.717, 1.165) is 40.8 Å². The predicted molar refractivity (Wildman–Crippen MR) is 335 cm³/mol. The molecule has 0 atom stereocenters. The number of para-hydroxylation sites is 3. The van der Waals surface area contributed by atoms with Crippen LogP contribution in [0.2, 0.25) is 0 Å². The van der Waals surface area contributed by atoms with Crippen molar-refractivity contribution >= 4 is 120 Å². The second-order valence-electron chi connectivity index (χ2n) is 20.9. The normalized spacial score (nSPS) is 12.5. The molecule has 2 nitrogen and oxygen atoms in total. The number of hydrogen-bond acceptors (Lipinski definition) is 0. The lowest BCUT2D eigenvalue weighted by atomic mass is 9.85. The quantitative estimate of drug-likeness (QED) is 0.156. The number of rotatable bonds is 4. The zero-order valence-corrected chi connectivity index (χ0v) is 42.9. The summed E-state index contributed by atoms with van der Waals surface area (Å²) in [4.78, 5) is 0. The minimum absolute atomic E-state index is 0.946. The van der Waals surface area contributed by atoms with Gasteiger partial charge in [-0.15, -0.1) is 0 Å². The molecule has 0 spiro atoms. The molecule has 0 bridgehead atoms. The summed E-state index contributed by atoms with van der Waals surface area (Å²) in [5.41, 5.74) is 10.4. The van der Waals surface area contributed by atoms with Gasteiger partial charge in [0.05, 0.1) is 27.9 Å². The number of hydrogen-bond donors (Lipinski definition) is 0. The first-order valence-electron chi connectivity index (χ1n) is 27.3. The fourth-order valence-electron chi connectivity index (χ4n) is 13.4. The molecule has 0 unspecified atom stereocenters. The van der Waals surface area contributed by atoms with E-state index in [9.17, 15) is 0 Å². The Morgan fingerprint density at radius 2 is 0.538 bits per heavy atom.